The Bertz CT molecular complexity index is 1150. The molecule has 2 aromatic heterocycles. The molecule has 0 bridgehead atoms. The van der Waals surface area contributed by atoms with E-state index >= 15 is 0 Å². The number of nitrogens with one attached hydrogen (secondary N) is 1. The third kappa shape index (κ3) is 4.18. The van der Waals surface area contributed by atoms with Crippen molar-refractivity contribution in [1.29, 1.82) is 0 Å². The third-order valence-electron chi connectivity index (χ3n) is 4.37. The van der Waals surface area contributed by atoms with E-state index in [1.165, 1.54) is 28.6 Å². The minimum Gasteiger partial charge on any atom is -0.323 e. The van der Waals surface area contributed by atoms with Gasteiger partial charge in [0.2, 0.25) is 5.91 Å². The second-order valence-corrected chi connectivity index (χ2v) is 8.27. The van der Waals surface area contributed by atoms with Gasteiger partial charge in [-0.25, -0.2) is 4.39 Å². The minimum atomic E-state index is -0.452. The van der Waals surface area contributed by atoms with Crippen molar-refractivity contribution in [2.45, 2.75) is 25.0 Å². The molecule has 2 heterocycles. The summed E-state index contributed by atoms with van der Waals surface area (Å²) in [5, 5.41) is 15.3. The van der Waals surface area contributed by atoms with Crippen molar-refractivity contribution < 1.29 is 9.18 Å². The van der Waals surface area contributed by atoms with Crippen molar-refractivity contribution in [3.63, 3.8) is 0 Å². The number of benzene rings is 2. The molecule has 0 spiro atoms. The fourth-order valence-electron chi connectivity index (χ4n) is 3.05. The van der Waals surface area contributed by atoms with E-state index in [2.05, 4.69) is 44.5 Å². The Balaban J connectivity index is 1.54. The second kappa shape index (κ2) is 8.75. The molecule has 148 valence electrons. The summed E-state index contributed by atoms with van der Waals surface area (Å²) < 4.78 is 17.0. The molecule has 5 nitrogen and oxygen atoms in total. The van der Waals surface area contributed by atoms with E-state index in [0.29, 0.717) is 5.16 Å². The summed E-state index contributed by atoms with van der Waals surface area (Å²) in [6.07, 6.45) is 0.919. The van der Waals surface area contributed by atoms with Crippen molar-refractivity contribution >= 4 is 44.8 Å². The van der Waals surface area contributed by atoms with Crippen LogP contribution in [0.15, 0.2) is 59.1 Å². The molecule has 0 fully saturated rings. The number of hydrogen-bond donors (Lipinski definition) is 1. The van der Waals surface area contributed by atoms with E-state index < -0.39 is 5.82 Å². The van der Waals surface area contributed by atoms with E-state index in [-0.39, 0.29) is 17.3 Å². The third-order valence-corrected chi connectivity index (χ3v) is 6.30. The lowest BCUT2D eigenvalue weighted by atomic mass is 10.1. The predicted octanol–water partition coefficient (Wildman–Crippen LogP) is 5.44. The van der Waals surface area contributed by atoms with Crippen LogP contribution in [0.3, 0.4) is 0 Å². The number of thioether (sulfide) groups is 1. The molecule has 4 aromatic rings. The summed E-state index contributed by atoms with van der Waals surface area (Å²) in [7, 11) is 0. The number of carbonyl (C=O) groups is 1. The number of amides is 1. The molecular weight excluding hydrogens is 407 g/mol. The van der Waals surface area contributed by atoms with Gasteiger partial charge in [-0.1, -0.05) is 49.0 Å². The molecular formula is C21H19FN4OS2. The summed E-state index contributed by atoms with van der Waals surface area (Å²) in [6.45, 7) is 2.85. The molecule has 0 radical (unpaired) electrons. The van der Waals surface area contributed by atoms with Gasteiger partial charge in [0.05, 0.1) is 11.4 Å². The first-order chi connectivity index (χ1) is 14.2. The average Bonchev–Trinajstić information content (AvgIpc) is 3.32. The van der Waals surface area contributed by atoms with Crippen molar-refractivity contribution in [1.82, 2.24) is 14.8 Å². The van der Waals surface area contributed by atoms with Crippen molar-refractivity contribution in [2.75, 3.05) is 11.1 Å². The topological polar surface area (TPSA) is 59.8 Å². The first-order valence-corrected chi connectivity index (χ1v) is 11.1. The Hall–Kier alpha value is -2.71. The SMILES string of the molecule is CCCn1c(SCC(=O)Nc2ccccc2F)nnc1-c1csc2ccccc12. The van der Waals surface area contributed by atoms with Crippen molar-refractivity contribution in [2.24, 2.45) is 0 Å². The van der Waals surface area contributed by atoms with Crippen LogP contribution in [0.1, 0.15) is 13.3 Å². The number of halogens is 1. The first kappa shape index (κ1) is 19.6. The van der Waals surface area contributed by atoms with Gasteiger partial charge >= 0.3 is 0 Å². The van der Waals surface area contributed by atoms with Crippen LogP contribution in [0.2, 0.25) is 0 Å². The molecule has 8 heteroatoms. The summed E-state index contributed by atoms with van der Waals surface area (Å²) in [4.78, 5) is 12.3. The predicted molar refractivity (Wildman–Crippen MR) is 117 cm³/mol. The molecule has 0 aliphatic carbocycles. The number of carbonyl (C=O) groups excluding carboxylic acids is 1. The Morgan fingerprint density at radius 1 is 1.17 bits per heavy atom. The molecule has 0 aliphatic rings. The highest BCUT2D eigenvalue weighted by atomic mass is 32.2. The van der Waals surface area contributed by atoms with E-state index in [1.807, 2.05) is 12.1 Å². The molecule has 1 N–H and O–H groups in total. The maximum absolute atomic E-state index is 13.7. The summed E-state index contributed by atoms with van der Waals surface area (Å²) in [5.74, 6) is 0.197. The number of aromatic nitrogens is 3. The van der Waals surface area contributed by atoms with Gasteiger partial charge in [0.1, 0.15) is 5.82 Å². The molecule has 0 aliphatic heterocycles. The maximum Gasteiger partial charge on any atom is 0.234 e. The van der Waals surface area contributed by atoms with Crippen LogP contribution < -0.4 is 5.32 Å². The highest BCUT2D eigenvalue weighted by Gasteiger charge is 2.18. The van der Waals surface area contributed by atoms with E-state index in [9.17, 15) is 9.18 Å². The van der Waals surface area contributed by atoms with Crippen LogP contribution in [0.5, 0.6) is 0 Å². The average molecular weight is 427 g/mol. The smallest absolute Gasteiger partial charge is 0.234 e. The van der Waals surface area contributed by atoms with Gasteiger partial charge in [0, 0.05) is 27.6 Å². The lowest BCUT2D eigenvalue weighted by Crippen LogP contribution is -2.15. The normalized spacial score (nSPS) is 11.1. The fraction of sp³-hybridized carbons (Fsp3) is 0.190. The molecule has 1 amide bonds. The number of anilines is 1. The number of hydrogen-bond acceptors (Lipinski definition) is 5. The molecule has 0 unspecified atom stereocenters. The lowest BCUT2D eigenvalue weighted by Gasteiger charge is -2.09. The van der Waals surface area contributed by atoms with Gasteiger partial charge in [0.25, 0.3) is 0 Å². The highest BCUT2D eigenvalue weighted by Crippen LogP contribution is 2.34. The van der Waals surface area contributed by atoms with Crippen molar-refractivity contribution in [3.05, 3.63) is 59.7 Å². The van der Waals surface area contributed by atoms with Gasteiger partial charge in [-0.05, 0) is 24.6 Å². The lowest BCUT2D eigenvalue weighted by molar-refractivity contribution is -0.113. The van der Waals surface area contributed by atoms with Gasteiger partial charge in [0.15, 0.2) is 11.0 Å². The van der Waals surface area contributed by atoms with Crippen LogP contribution in [-0.2, 0) is 11.3 Å². The molecule has 4 rings (SSSR count). The fourth-order valence-corrected chi connectivity index (χ4v) is 4.75. The van der Waals surface area contributed by atoms with Crippen LogP contribution in [0, 0.1) is 5.82 Å². The van der Waals surface area contributed by atoms with E-state index in [4.69, 9.17) is 0 Å². The van der Waals surface area contributed by atoms with Crippen LogP contribution >= 0.6 is 23.1 Å². The zero-order valence-corrected chi connectivity index (χ0v) is 17.4. The summed E-state index contributed by atoms with van der Waals surface area (Å²) >= 11 is 2.98. The van der Waals surface area contributed by atoms with Gasteiger partial charge in [-0.15, -0.1) is 21.5 Å². The number of rotatable bonds is 7. The van der Waals surface area contributed by atoms with Gasteiger partial charge < -0.3 is 9.88 Å². The molecule has 0 saturated carbocycles. The summed E-state index contributed by atoms with van der Waals surface area (Å²) in [5.41, 5.74) is 1.23. The molecule has 2 aromatic carbocycles. The Labute approximate surface area is 176 Å². The van der Waals surface area contributed by atoms with E-state index in [0.717, 1.165) is 29.7 Å². The Kier molecular flexibility index (Phi) is 5.92. The Morgan fingerprint density at radius 2 is 1.97 bits per heavy atom. The number of nitrogens with zero attached hydrogens (tertiary/aromatic N) is 3. The minimum absolute atomic E-state index is 0.126. The number of para-hydroxylation sites is 1. The molecule has 29 heavy (non-hydrogen) atoms. The van der Waals surface area contributed by atoms with Crippen molar-refractivity contribution in [3.8, 4) is 11.4 Å². The standard InChI is InChI=1S/C21H19FN4OS2/c1-2-11-26-20(15-12-28-18-10-6-3-7-14(15)18)24-25-21(26)29-13-19(27)23-17-9-5-4-8-16(17)22/h3-10,12H,2,11,13H2,1H3,(H,23,27). The quantitative estimate of drug-likeness (QED) is 0.400. The molecule has 0 saturated heterocycles. The Morgan fingerprint density at radius 3 is 2.79 bits per heavy atom. The first-order valence-electron chi connectivity index (χ1n) is 9.24. The molecule has 0 atom stereocenters. The maximum atomic E-state index is 13.7. The summed E-state index contributed by atoms with van der Waals surface area (Å²) in [6, 6.07) is 14.3. The monoisotopic (exact) mass is 426 g/mol. The number of fused-ring (bicyclic) bond motifs is 1. The highest BCUT2D eigenvalue weighted by molar-refractivity contribution is 7.99. The largest absolute Gasteiger partial charge is 0.323 e. The van der Waals surface area contributed by atoms with Gasteiger partial charge in [-0.3, -0.25) is 4.79 Å². The van der Waals surface area contributed by atoms with Gasteiger partial charge in [-0.2, -0.15) is 0 Å². The zero-order valence-electron chi connectivity index (χ0n) is 15.8. The van der Waals surface area contributed by atoms with E-state index in [1.54, 1.807) is 23.5 Å². The number of thiophene rings is 1. The van der Waals surface area contributed by atoms with Crippen LogP contribution in [0.4, 0.5) is 10.1 Å². The van der Waals surface area contributed by atoms with Crippen LogP contribution in [0.25, 0.3) is 21.5 Å². The van der Waals surface area contributed by atoms with Crippen LogP contribution in [-0.4, -0.2) is 26.4 Å². The second-order valence-electron chi connectivity index (χ2n) is 6.42. The zero-order chi connectivity index (χ0) is 20.2.